The lowest BCUT2D eigenvalue weighted by molar-refractivity contribution is -0.0834. The number of primary amides is 1. The number of carbonyl (C=O) groups is 2. The molecule has 3 N–H and O–H groups in total. The molecule has 38 heavy (non-hydrogen) atoms. The van der Waals surface area contributed by atoms with E-state index in [-0.39, 0.29) is 23.5 Å². The number of hydrogen-bond acceptors (Lipinski definition) is 7. The lowest BCUT2D eigenvalue weighted by Gasteiger charge is -2.57. The average molecular weight is 520 g/mol. The Balaban J connectivity index is 0.994. The van der Waals surface area contributed by atoms with Crippen molar-refractivity contribution in [2.24, 2.45) is 11.1 Å². The molecule has 200 valence electrons. The molecule has 6 rings (SSSR count). The van der Waals surface area contributed by atoms with E-state index in [1.54, 1.807) is 28.9 Å². The number of amides is 2. The number of benzene rings is 1. The molecule has 2 aliphatic carbocycles. The van der Waals surface area contributed by atoms with Gasteiger partial charge in [0, 0.05) is 37.9 Å². The molecule has 0 unspecified atom stereocenters. The molecule has 1 spiro atoms. The van der Waals surface area contributed by atoms with Crippen molar-refractivity contribution in [3.8, 4) is 11.5 Å². The molecule has 0 atom stereocenters. The van der Waals surface area contributed by atoms with E-state index in [0.29, 0.717) is 23.5 Å². The summed E-state index contributed by atoms with van der Waals surface area (Å²) in [5, 5.41) is 7.51. The van der Waals surface area contributed by atoms with Crippen molar-refractivity contribution in [3.05, 3.63) is 59.9 Å². The summed E-state index contributed by atoms with van der Waals surface area (Å²) in [5.41, 5.74) is 7.34. The lowest BCUT2D eigenvalue weighted by Crippen LogP contribution is -2.58. The van der Waals surface area contributed by atoms with Gasteiger partial charge in [0.1, 0.15) is 18.1 Å². The minimum Gasteiger partial charge on any atom is -0.492 e. The maximum absolute atomic E-state index is 13.1. The third-order valence-corrected chi connectivity index (χ3v) is 7.98. The number of nitrogens with two attached hydrogens (primary N) is 1. The van der Waals surface area contributed by atoms with Gasteiger partial charge in [0.2, 0.25) is 0 Å². The second-order valence-corrected chi connectivity index (χ2v) is 10.6. The van der Waals surface area contributed by atoms with Crippen LogP contribution in [0.1, 0.15) is 46.4 Å². The van der Waals surface area contributed by atoms with Gasteiger partial charge in [-0.1, -0.05) is 12.1 Å². The highest BCUT2D eigenvalue weighted by Crippen LogP contribution is 2.57. The molecule has 0 bridgehead atoms. The van der Waals surface area contributed by atoms with Gasteiger partial charge in [0.25, 0.3) is 11.8 Å². The number of nitrogens with one attached hydrogen (secondary N) is 1. The third kappa shape index (κ3) is 5.06. The summed E-state index contributed by atoms with van der Waals surface area (Å²) in [7, 11) is 0. The molecule has 3 aromatic rings. The van der Waals surface area contributed by atoms with Crippen LogP contribution in [0, 0.1) is 5.41 Å². The van der Waals surface area contributed by atoms with Crippen LogP contribution < -0.4 is 20.5 Å². The van der Waals surface area contributed by atoms with Crippen LogP contribution in [-0.4, -0.2) is 77.9 Å². The van der Waals surface area contributed by atoms with E-state index in [1.165, 1.54) is 0 Å². The molecule has 10 nitrogen and oxygen atoms in total. The molecule has 1 aliphatic heterocycles. The van der Waals surface area contributed by atoms with E-state index in [1.807, 2.05) is 24.4 Å². The second-order valence-electron chi connectivity index (χ2n) is 10.6. The SMILES string of the molecule is NC(=O)c1ccccc1OC1CC2(CC(NC(=O)c3cnn4ccc(OCCN5CCOCC5)cc34)C2)C1. The number of pyridine rings is 1. The summed E-state index contributed by atoms with van der Waals surface area (Å²) in [6.07, 6.45) is 7.16. The Morgan fingerprint density at radius 2 is 1.89 bits per heavy atom. The highest BCUT2D eigenvalue weighted by Gasteiger charge is 2.54. The van der Waals surface area contributed by atoms with Gasteiger partial charge >= 0.3 is 0 Å². The van der Waals surface area contributed by atoms with Gasteiger partial charge in [-0.3, -0.25) is 14.5 Å². The van der Waals surface area contributed by atoms with Crippen LogP contribution in [0.4, 0.5) is 0 Å². The van der Waals surface area contributed by atoms with E-state index >= 15 is 0 Å². The predicted molar refractivity (Wildman–Crippen MR) is 139 cm³/mol. The second kappa shape index (κ2) is 10.3. The molecule has 0 radical (unpaired) electrons. The lowest BCUT2D eigenvalue weighted by atomic mass is 9.53. The fourth-order valence-corrected chi connectivity index (χ4v) is 5.97. The minimum absolute atomic E-state index is 0.0634. The van der Waals surface area contributed by atoms with Crippen molar-refractivity contribution in [3.63, 3.8) is 0 Å². The van der Waals surface area contributed by atoms with Gasteiger partial charge in [-0.25, -0.2) is 4.52 Å². The van der Waals surface area contributed by atoms with Crippen LogP contribution in [-0.2, 0) is 4.74 Å². The van der Waals surface area contributed by atoms with Crippen molar-refractivity contribution in [2.75, 3.05) is 39.5 Å². The van der Waals surface area contributed by atoms with Crippen molar-refractivity contribution >= 4 is 17.3 Å². The molecule has 1 saturated heterocycles. The topological polar surface area (TPSA) is 120 Å². The molecular weight excluding hydrogens is 486 g/mol. The number of carbonyl (C=O) groups excluding carboxylic acids is 2. The van der Waals surface area contributed by atoms with Crippen LogP contribution in [0.15, 0.2) is 48.8 Å². The normalized spacial score (nSPS) is 24.9. The Bertz CT molecular complexity index is 1320. The Morgan fingerprint density at radius 3 is 2.68 bits per heavy atom. The summed E-state index contributed by atoms with van der Waals surface area (Å²) < 4.78 is 19.1. The summed E-state index contributed by atoms with van der Waals surface area (Å²) >= 11 is 0. The summed E-state index contributed by atoms with van der Waals surface area (Å²) in [5.74, 6) is 0.663. The summed E-state index contributed by atoms with van der Waals surface area (Å²) in [4.78, 5) is 27.0. The molecule has 3 fully saturated rings. The zero-order chi connectivity index (χ0) is 26.1. The van der Waals surface area contributed by atoms with Crippen molar-refractivity contribution in [2.45, 2.75) is 37.8 Å². The smallest absolute Gasteiger partial charge is 0.255 e. The van der Waals surface area contributed by atoms with E-state index in [4.69, 9.17) is 19.9 Å². The molecule has 2 aromatic heterocycles. The van der Waals surface area contributed by atoms with Gasteiger partial charge in [0.05, 0.1) is 42.2 Å². The number of ether oxygens (including phenoxy) is 3. The first-order chi connectivity index (χ1) is 18.5. The minimum atomic E-state index is -0.486. The number of morpholine rings is 1. The summed E-state index contributed by atoms with van der Waals surface area (Å²) in [6.45, 7) is 4.80. The maximum Gasteiger partial charge on any atom is 0.255 e. The Hall–Kier alpha value is -3.63. The predicted octanol–water partition coefficient (Wildman–Crippen LogP) is 2.26. The highest BCUT2D eigenvalue weighted by atomic mass is 16.5. The Morgan fingerprint density at radius 1 is 1.11 bits per heavy atom. The van der Waals surface area contributed by atoms with Gasteiger partial charge in [-0.05, 0) is 49.3 Å². The van der Waals surface area contributed by atoms with E-state index < -0.39 is 5.91 Å². The van der Waals surface area contributed by atoms with Crippen molar-refractivity contribution in [1.82, 2.24) is 19.8 Å². The van der Waals surface area contributed by atoms with Crippen molar-refractivity contribution < 1.29 is 23.8 Å². The first-order valence-electron chi connectivity index (χ1n) is 13.2. The zero-order valence-corrected chi connectivity index (χ0v) is 21.3. The molecular formula is C28H33N5O5. The quantitative estimate of drug-likeness (QED) is 0.445. The first kappa shape index (κ1) is 24.7. The number of para-hydroxylation sites is 1. The monoisotopic (exact) mass is 519 g/mol. The molecule has 2 saturated carbocycles. The van der Waals surface area contributed by atoms with Gasteiger partial charge in [-0.2, -0.15) is 5.10 Å². The molecule has 1 aromatic carbocycles. The van der Waals surface area contributed by atoms with Crippen LogP contribution in [0.25, 0.3) is 5.52 Å². The Kier molecular flexibility index (Phi) is 6.67. The highest BCUT2D eigenvalue weighted by molar-refractivity contribution is 6.01. The van der Waals surface area contributed by atoms with E-state index in [0.717, 1.165) is 69.8 Å². The third-order valence-electron chi connectivity index (χ3n) is 7.98. The number of fused-ring (bicyclic) bond motifs is 1. The van der Waals surface area contributed by atoms with Gasteiger partial charge in [0.15, 0.2) is 0 Å². The number of nitrogens with zero attached hydrogens (tertiary/aromatic N) is 3. The zero-order valence-electron chi connectivity index (χ0n) is 21.3. The van der Waals surface area contributed by atoms with Gasteiger partial charge in [-0.15, -0.1) is 0 Å². The van der Waals surface area contributed by atoms with Gasteiger partial charge < -0.3 is 25.3 Å². The number of hydrogen-bond donors (Lipinski definition) is 2. The van der Waals surface area contributed by atoms with Crippen LogP contribution >= 0.6 is 0 Å². The van der Waals surface area contributed by atoms with E-state index in [9.17, 15) is 9.59 Å². The molecule has 10 heteroatoms. The largest absolute Gasteiger partial charge is 0.492 e. The van der Waals surface area contributed by atoms with Crippen LogP contribution in [0.3, 0.4) is 0 Å². The molecule has 2 amide bonds. The maximum atomic E-state index is 13.1. The van der Waals surface area contributed by atoms with Crippen LogP contribution in [0.2, 0.25) is 0 Å². The fourth-order valence-electron chi connectivity index (χ4n) is 5.97. The molecule has 3 aliphatic rings. The first-order valence-corrected chi connectivity index (χ1v) is 13.2. The average Bonchev–Trinajstić information content (AvgIpc) is 3.30. The number of rotatable bonds is 9. The number of aromatic nitrogens is 2. The van der Waals surface area contributed by atoms with Crippen LogP contribution in [0.5, 0.6) is 11.5 Å². The Labute approximate surface area is 221 Å². The standard InChI is InChI=1S/C28H33N5O5/c29-26(34)22-3-1-2-4-25(22)38-21-16-28(17-21)14-19(15-28)31-27(35)23-18-30-33-6-5-20(13-24(23)33)37-12-9-32-7-10-36-11-8-32/h1-6,13,18-19,21H,7-12,14-17H2,(H2,29,34)(H,31,35). The van der Waals surface area contributed by atoms with E-state index in [2.05, 4.69) is 15.3 Å². The summed E-state index contributed by atoms with van der Waals surface area (Å²) in [6, 6.07) is 11.0. The fraction of sp³-hybridized carbons (Fsp3) is 0.464. The van der Waals surface area contributed by atoms with Crippen molar-refractivity contribution in [1.29, 1.82) is 0 Å². The molecule has 3 heterocycles.